The van der Waals surface area contributed by atoms with Crippen molar-refractivity contribution >= 4 is 38.6 Å². The maximum Gasteiger partial charge on any atom is 0.255 e. The zero-order valence-corrected chi connectivity index (χ0v) is 15.0. The van der Waals surface area contributed by atoms with E-state index in [1.807, 2.05) is 24.3 Å². The van der Waals surface area contributed by atoms with Gasteiger partial charge in [0.2, 0.25) is 5.89 Å². The Balaban J connectivity index is 1.60. The third kappa shape index (κ3) is 3.36. The van der Waals surface area contributed by atoms with E-state index in [4.69, 9.17) is 4.42 Å². The Morgan fingerprint density at radius 3 is 2.46 bits per heavy atom. The van der Waals surface area contributed by atoms with Crippen LogP contribution in [0.3, 0.4) is 0 Å². The van der Waals surface area contributed by atoms with Crippen molar-refractivity contribution in [1.82, 2.24) is 4.98 Å². The van der Waals surface area contributed by atoms with E-state index < -0.39 is 0 Å². The highest BCUT2D eigenvalue weighted by Gasteiger charge is 2.11. The lowest BCUT2D eigenvalue weighted by atomic mass is 10.2. The Morgan fingerprint density at radius 1 is 1.00 bits per heavy atom. The Kier molecular flexibility index (Phi) is 4.26. The van der Waals surface area contributed by atoms with Gasteiger partial charge in [-0.25, -0.2) is 9.37 Å². The number of hydrogen-bond donors (Lipinski definition) is 1. The summed E-state index contributed by atoms with van der Waals surface area (Å²) in [5, 5.41) is 2.78. The number of aromatic nitrogens is 1. The first-order chi connectivity index (χ1) is 12.6. The molecule has 0 atom stereocenters. The number of halogens is 2. The molecule has 0 saturated heterocycles. The van der Waals surface area contributed by atoms with Crippen molar-refractivity contribution < 1.29 is 13.6 Å². The van der Waals surface area contributed by atoms with Gasteiger partial charge in [0.25, 0.3) is 5.91 Å². The molecule has 4 nitrogen and oxygen atoms in total. The molecule has 0 fully saturated rings. The summed E-state index contributed by atoms with van der Waals surface area (Å²) in [6.07, 6.45) is 0. The van der Waals surface area contributed by atoms with Crippen LogP contribution in [-0.4, -0.2) is 10.9 Å². The fraction of sp³-hybridized carbons (Fsp3) is 0. The molecular formula is C20H12BrFN2O2. The lowest BCUT2D eigenvalue weighted by Crippen LogP contribution is -2.11. The molecule has 0 unspecified atom stereocenters. The fourth-order valence-electron chi connectivity index (χ4n) is 2.53. The Labute approximate surface area is 156 Å². The van der Waals surface area contributed by atoms with E-state index in [-0.39, 0.29) is 11.7 Å². The molecule has 1 N–H and O–H groups in total. The number of carbonyl (C=O) groups excluding carboxylic acids is 1. The van der Waals surface area contributed by atoms with E-state index in [1.54, 1.807) is 18.2 Å². The first kappa shape index (κ1) is 16.5. The molecule has 0 radical (unpaired) electrons. The van der Waals surface area contributed by atoms with Crippen molar-refractivity contribution in [3.63, 3.8) is 0 Å². The van der Waals surface area contributed by atoms with Gasteiger partial charge in [-0.05, 0) is 66.7 Å². The zero-order chi connectivity index (χ0) is 18.1. The number of oxazole rings is 1. The number of nitrogens with zero attached hydrogens (tertiary/aromatic N) is 1. The van der Waals surface area contributed by atoms with Crippen molar-refractivity contribution in [3.05, 3.63) is 82.6 Å². The SMILES string of the molecule is O=C(Nc1ccc2oc(-c3ccc(Br)cc3)nc2c1)c1ccc(F)cc1. The summed E-state index contributed by atoms with van der Waals surface area (Å²) in [5.41, 5.74) is 3.09. The van der Waals surface area contributed by atoms with Crippen molar-refractivity contribution in [2.45, 2.75) is 0 Å². The number of carbonyl (C=O) groups is 1. The summed E-state index contributed by atoms with van der Waals surface area (Å²) in [5.74, 6) is -0.193. The predicted octanol–water partition coefficient (Wildman–Crippen LogP) is 5.65. The topological polar surface area (TPSA) is 55.1 Å². The molecule has 1 heterocycles. The number of nitrogens with one attached hydrogen (secondary N) is 1. The fourth-order valence-corrected chi connectivity index (χ4v) is 2.79. The number of anilines is 1. The van der Waals surface area contributed by atoms with Gasteiger partial charge < -0.3 is 9.73 Å². The van der Waals surface area contributed by atoms with Gasteiger partial charge >= 0.3 is 0 Å². The van der Waals surface area contributed by atoms with Crippen LogP contribution in [0, 0.1) is 5.82 Å². The smallest absolute Gasteiger partial charge is 0.255 e. The highest BCUT2D eigenvalue weighted by atomic mass is 79.9. The first-order valence-corrected chi connectivity index (χ1v) is 8.61. The summed E-state index contributed by atoms with van der Waals surface area (Å²) in [4.78, 5) is 16.7. The number of benzene rings is 3. The monoisotopic (exact) mass is 410 g/mol. The number of amides is 1. The van der Waals surface area contributed by atoms with E-state index in [2.05, 4.69) is 26.2 Å². The molecule has 128 valence electrons. The molecule has 4 aromatic rings. The molecule has 0 aliphatic carbocycles. The molecule has 0 spiro atoms. The van der Waals surface area contributed by atoms with Crippen LogP contribution < -0.4 is 5.32 Å². The molecule has 0 bridgehead atoms. The van der Waals surface area contributed by atoms with Gasteiger partial charge in [0.15, 0.2) is 5.58 Å². The van der Waals surface area contributed by atoms with Gasteiger partial charge in [-0.15, -0.1) is 0 Å². The molecule has 4 rings (SSSR count). The van der Waals surface area contributed by atoms with Gasteiger partial charge in [-0.1, -0.05) is 15.9 Å². The Hall–Kier alpha value is -2.99. The largest absolute Gasteiger partial charge is 0.436 e. The highest BCUT2D eigenvalue weighted by Crippen LogP contribution is 2.27. The van der Waals surface area contributed by atoms with Crippen LogP contribution >= 0.6 is 15.9 Å². The van der Waals surface area contributed by atoms with Gasteiger partial charge in [0.1, 0.15) is 11.3 Å². The highest BCUT2D eigenvalue weighted by molar-refractivity contribution is 9.10. The minimum atomic E-state index is -0.383. The molecule has 0 aliphatic rings. The molecule has 26 heavy (non-hydrogen) atoms. The molecule has 0 aliphatic heterocycles. The second-order valence-electron chi connectivity index (χ2n) is 5.67. The molecule has 1 amide bonds. The molecule has 6 heteroatoms. The normalized spacial score (nSPS) is 10.8. The Bertz CT molecular complexity index is 1090. The van der Waals surface area contributed by atoms with E-state index in [1.165, 1.54) is 24.3 Å². The predicted molar refractivity (Wildman–Crippen MR) is 101 cm³/mol. The van der Waals surface area contributed by atoms with Gasteiger partial charge in [0.05, 0.1) is 0 Å². The number of rotatable bonds is 3. The second kappa shape index (κ2) is 6.72. The van der Waals surface area contributed by atoms with Crippen LogP contribution in [0.2, 0.25) is 0 Å². The van der Waals surface area contributed by atoms with Crippen LogP contribution in [-0.2, 0) is 0 Å². The van der Waals surface area contributed by atoms with Gasteiger partial charge in [-0.3, -0.25) is 4.79 Å². The van der Waals surface area contributed by atoms with Crippen molar-refractivity contribution in [2.75, 3.05) is 5.32 Å². The summed E-state index contributed by atoms with van der Waals surface area (Å²) >= 11 is 3.40. The van der Waals surface area contributed by atoms with Crippen molar-refractivity contribution in [3.8, 4) is 11.5 Å². The summed E-state index contributed by atoms with van der Waals surface area (Å²) in [6.45, 7) is 0. The lowest BCUT2D eigenvalue weighted by molar-refractivity contribution is 0.102. The third-order valence-corrected chi connectivity index (χ3v) is 4.37. The quantitative estimate of drug-likeness (QED) is 0.474. The standard InChI is InChI=1S/C20H12BrFN2O2/c21-14-5-1-13(2-6-14)20-24-17-11-16(9-10-18(17)26-20)23-19(25)12-3-7-15(22)8-4-12/h1-11H,(H,23,25). The lowest BCUT2D eigenvalue weighted by Gasteiger charge is -2.04. The third-order valence-electron chi connectivity index (χ3n) is 3.84. The van der Waals surface area contributed by atoms with Gasteiger partial charge in [-0.2, -0.15) is 0 Å². The van der Waals surface area contributed by atoms with Crippen LogP contribution in [0.5, 0.6) is 0 Å². The molecule has 0 saturated carbocycles. The Morgan fingerprint density at radius 2 is 1.73 bits per heavy atom. The minimum absolute atomic E-state index is 0.319. The van der Waals surface area contributed by atoms with E-state index >= 15 is 0 Å². The molecule has 3 aromatic carbocycles. The number of hydrogen-bond acceptors (Lipinski definition) is 3. The molecule has 1 aromatic heterocycles. The van der Waals surface area contributed by atoms with Crippen molar-refractivity contribution in [1.29, 1.82) is 0 Å². The van der Waals surface area contributed by atoms with E-state index in [9.17, 15) is 9.18 Å². The summed E-state index contributed by atoms with van der Waals surface area (Å²) in [6, 6.07) is 18.2. The van der Waals surface area contributed by atoms with Crippen molar-refractivity contribution in [2.24, 2.45) is 0 Å². The van der Waals surface area contributed by atoms with E-state index in [0.29, 0.717) is 28.2 Å². The average Bonchev–Trinajstić information content (AvgIpc) is 3.06. The van der Waals surface area contributed by atoms with Gasteiger partial charge in [0, 0.05) is 21.3 Å². The van der Waals surface area contributed by atoms with Crippen LogP contribution in [0.25, 0.3) is 22.6 Å². The maximum absolute atomic E-state index is 13.0. The van der Waals surface area contributed by atoms with Crippen LogP contribution in [0.4, 0.5) is 10.1 Å². The minimum Gasteiger partial charge on any atom is -0.436 e. The summed E-state index contributed by atoms with van der Waals surface area (Å²) < 4.78 is 19.7. The number of fused-ring (bicyclic) bond motifs is 1. The first-order valence-electron chi connectivity index (χ1n) is 7.82. The zero-order valence-electron chi connectivity index (χ0n) is 13.4. The van der Waals surface area contributed by atoms with E-state index in [0.717, 1.165) is 10.0 Å². The molecular weight excluding hydrogens is 399 g/mol. The second-order valence-corrected chi connectivity index (χ2v) is 6.59. The average molecular weight is 411 g/mol. The van der Waals surface area contributed by atoms with Crippen LogP contribution in [0.1, 0.15) is 10.4 Å². The maximum atomic E-state index is 13.0. The summed E-state index contributed by atoms with van der Waals surface area (Å²) in [7, 11) is 0. The van der Waals surface area contributed by atoms with Crippen LogP contribution in [0.15, 0.2) is 75.6 Å².